The van der Waals surface area contributed by atoms with E-state index in [1.165, 1.54) is 0 Å². The van der Waals surface area contributed by atoms with Crippen LogP contribution in [0.25, 0.3) is 0 Å². The second-order valence-electron chi connectivity index (χ2n) is 5.65. The fourth-order valence-corrected chi connectivity index (χ4v) is 3.24. The Morgan fingerprint density at radius 1 is 1.14 bits per heavy atom. The maximum atomic E-state index is 12.5. The molecule has 21 heavy (non-hydrogen) atoms. The first-order valence-corrected chi connectivity index (χ1v) is 8.07. The molecule has 1 aliphatic carbocycles. The first-order valence-electron chi connectivity index (χ1n) is 7.28. The summed E-state index contributed by atoms with van der Waals surface area (Å²) in [6.07, 6.45) is 4.64. The molecule has 0 saturated heterocycles. The minimum absolute atomic E-state index is 0.125. The lowest BCUT2D eigenvalue weighted by molar-refractivity contribution is -0.122. The van der Waals surface area contributed by atoms with Crippen LogP contribution >= 0.6 is 15.9 Å². The Balaban J connectivity index is 1.79. The van der Waals surface area contributed by atoms with Crippen LogP contribution in [0.3, 0.4) is 0 Å². The molecule has 0 unspecified atom stereocenters. The Kier molecular flexibility index (Phi) is 4.08. The summed E-state index contributed by atoms with van der Waals surface area (Å²) in [5.41, 5.74) is 6.16. The van der Waals surface area contributed by atoms with E-state index in [-0.39, 0.29) is 5.91 Å². The lowest BCUT2D eigenvalue weighted by atomic mass is 9.82. The second kappa shape index (κ2) is 5.85. The van der Waals surface area contributed by atoms with E-state index in [1.807, 2.05) is 6.07 Å². The number of hydrogen-bond acceptors (Lipinski definition) is 4. The van der Waals surface area contributed by atoms with Crippen molar-refractivity contribution < 1.29 is 14.3 Å². The summed E-state index contributed by atoms with van der Waals surface area (Å²) in [5.74, 6) is 1.21. The van der Waals surface area contributed by atoms with Gasteiger partial charge in [-0.3, -0.25) is 4.79 Å². The van der Waals surface area contributed by atoms with Gasteiger partial charge in [0.15, 0.2) is 11.5 Å². The highest BCUT2D eigenvalue weighted by atomic mass is 79.9. The van der Waals surface area contributed by atoms with E-state index in [2.05, 4.69) is 21.2 Å². The van der Waals surface area contributed by atoms with E-state index >= 15 is 0 Å². The molecule has 3 N–H and O–H groups in total. The topological polar surface area (TPSA) is 73.6 Å². The van der Waals surface area contributed by atoms with E-state index in [9.17, 15) is 4.79 Å². The normalized spacial score (nSPS) is 19.9. The largest absolute Gasteiger partial charge is 0.486 e. The van der Waals surface area contributed by atoms with Crippen molar-refractivity contribution in [3.05, 3.63) is 16.6 Å². The number of halogens is 1. The van der Waals surface area contributed by atoms with Gasteiger partial charge in [-0.1, -0.05) is 19.3 Å². The van der Waals surface area contributed by atoms with Crippen molar-refractivity contribution in [2.45, 2.75) is 37.6 Å². The lowest BCUT2D eigenvalue weighted by Crippen LogP contribution is -2.52. The Morgan fingerprint density at radius 3 is 2.43 bits per heavy atom. The number of anilines is 1. The summed E-state index contributed by atoms with van der Waals surface area (Å²) >= 11 is 3.45. The van der Waals surface area contributed by atoms with Crippen molar-refractivity contribution in [2.24, 2.45) is 5.73 Å². The molecule has 1 heterocycles. The van der Waals surface area contributed by atoms with Gasteiger partial charge in [-0.25, -0.2) is 0 Å². The highest BCUT2D eigenvalue weighted by molar-refractivity contribution is 9.10. The quantitative estimate of drug-likeness (QED) is 0.856. The molecule has 6 heteroatoms. The van der Waals surface area contributed by atoms with E-state index in [4.69, 9.17) is 15.2 Å². The van der Waals surface area contributed by atoms with E-state index in [0.29, 0.717) is 30.4 Å². The van der Waals surface area contributed by atoms with Crippen LogP contribution in [0, 0.1) is 0 Å². The first kappa shape index (κ1) is 14.7. The standard InChI is InChI=1S/C15H19BrN2O3/c16-10-8-12-13(21-7-6-20-12)9-11(10)18-14(19)15(17)4-2-1-3-5-15/h8-9H,1-7,17H2,(H,18,19). The summed E-state index contributed by atoms with van der Waals surface area (Å²) in [7, 11) is 0. The van der Waals surface area contributed by atoms with Crippen LogP contribution in [0.15, 0.2) is 16.6 Å². The molecule has 1 saturated carbocycles. The fourth-order valence-electron chi connectivity index (χ4n) is 2.82. The average molecular weight is 355 g/mol. The number of hydrogen-bond donors (Lipinski definition) is 2. The van der Waals surface area contributed by atoms with Crippen molar-refractivity contribution in [1.82, 2.24) is 0 Å². The van der Waals surface area contributed by atoms with Crippen LogP contribution in [-0.2, 0) is 4.79 Å². The maximum Gasteiger partial charge on any atom is 0.244 e. The molecule has 1 fully saturated rings. The summed E-state index contributed by atoms with van der Waals surface area (Å²) in [5, 5.41) is 2.92. The Morgan fingerprint density at radius 2 is 1.76 bits per heavy atom. The molecular formula is C15H19BrN2O3. The molecule has 0 atom stereocenters. The van der Waals surface area contributed by atoms with Crippen molar-refractivity contribution >= 4 is 27.5 Å². The van der Waals surface area contributed by atoms with Crippen LogP contribution < -0.4 is 20.5 Å². The minimum atomic E-state index is -0.759. The third kappa shape index (κ3) is 3.01. The van der Waals surface area contributed by atoms with Crippen LogP contribution in [-0.4, -0.2) is 24.7 Å². The van der Waals surface area contributed by atoms with Gasteiger partial charge in [0, 0.05) is 16.6 Å². The summed E-state index contributed by atoms with van der Waals surface area (Å²) in [6, 6.07) is 3.59. The molecule has 114 valence electrons. The average Bonchev–Trinajstić information content (AvgIpc) is 2.48. The third-order valence-electron chi connectivity index (χ3n) is 4.08. The second-order valence-corrected chi connectivity index (χ2v) is 6.50. The van der Waals surface area contributed by atoms with Gasteiger partial charge >= 0.3 is 0 Å². The number of nitrogens with two attached hydrogens (primary N) is 1. The van der Waals surface area contributed by atoms with Crippen LogP contribution in [0.5, 0.6) is 11.5 Å². The van der Waals surface area contributed by atoms with Gasteiger partial charge in [0.2, 0.25) is 5.91 Å². The lowest BCUT2D eigenvalue weighted by Gasteiger charge is -2.32. The number of carbonyl (C=O) groups excluding carboxylic acids is 1. The number of rotatable bonds is 2. The zero-order valence-corrected chi connectivity index (χ0v) is 13.4. The number of carbonyl (C=O) groups is 1. The molecule has 3 rings (SSSR count). The number of nitrogens with one attached hydrogen (secondary N) is 1. The van der Waals surface area contributed by atoms with Crippen LogP contribution in [0.2, 0.25) is 0 Å². The molecule has 1 aromatic rings. The number of fused-ring (bicyclic) bond motifs is 1. The Labute approximate surface area is 132 Å². The van der Waals surface area contributed by atoms with Gasteiger partial charge < -0.3 is 20.5 Å². The first-order chi connectivity index (χ1) is 10.1. The monoisotopic (exact) mass is 354 g/mol. The molecular weight excluding hydrogens is 336 g/mol. The molecule has 0 aromatic heterocycles. The fraction of sp³-hybridized carbons (Fsp3) is 0.533. The van der Waals surface area contributed by atoms with Crippen molar-refractivity contribution in [1.29, 1.82) is 0 Å². The molecule has 0 spiro atoms. The van der Waals surface area contributed by atoms with E-state index < -0.39 is 5.54 Å². The highest BCUT2D eigenvalue weighted by Gasteiger charge is 2.35. The minimum Gasteiger partial charge on any atom is -0.486 e. The highest BCUT2D eigenvalue weighted by Crippen LogP contribution is 2.38. The zero-order chi connectivity index (χ0) is 14.9. The molecule has 1 amide bonds. The third-order valence-corrected chi connectivity index (χ3v) is 4.73. The summed E-state index contributed by atoms with van der Waals surface area (Å²) in [6.45, 7) is 1.06. The summed E-state index contributed by atoms with van der Waals surface area (Å²) in [4.78, 5) is 12.5. The SMILES string of the molecule is NC1(C(=O)Nc2cc3c(cc2Br)OCCO3)CCCCC1. The maximum absolute atomic E-state index is 12.5. The van der Waals surface area contributed by atoms with Gasteiger partial charge in [0.25, 0.3) is 0 Å². The van der Waals surface area contributed by atoms with Gasteiger partial charge in [-0.05, 0) is 28.8 Å². The van der Waals surface area contributed by atoms with E-state index in [0.717, 1.165) is 36.6 Å². The van der Waals surface area contributed by atoms with Gasteiger partial charge in [-0.15, -0.1) is 0 Å². The Bertz CT molecular complexity index is 556. The van der Waals surface area contributed by atoms with Gasteiger partial charge in [0.1, 0.15) is 13.2 Å². The molecule has 2 aliphatic rings. The molecule has 0 radical (unpaired) electrons. The van der Waals surface area contributed by atoms with Gasteiger partial charge in [0.05, 0.1) is 11.2 Å². The zero-order valence-electron chi connectivity index (χ0n) is 11.8. The summed E-state index contributed by atoms with van der Waals surface area (Å²) < 4.78 is 11.8. The van der Waals surface area contributed by atoms with Crippen molar-refractivity contribution in [2.75, 3.05) is 18.5 Å². The molecule has 1 aromatic carbocycles. The molecule has 5 nitrogen and oxygen atoms in total. The van der Waals surface area contributed by atoms with Crippen LogP contribution in [0.1, 0.15) is 32.1 Å². The van der Waals surface area contributed by atoms with Crippen LogP contribution in [0.4, 0.5) is 5.69 Å². The Hall–Kier alpha value is -1.27. The van der Waals surface area contributed by atoms with Gasteiger partial charge in [-0.2, -0.15) is 0 Å². The number of ether oxygens (including phenoxy) is 2. The van der Waals surface area contributed by atoms with Crippen molar-refractivity contribution in [3.63, 3.8) is 0 Å². The molecule has 0 bridgehead atoms. The van der Waals surface area contributed by atoms with Crippen molar-refractivity contribution in [3.8, 4) is 11.5 Å². The molecule has 1 aliphatic heterocycles. The smallest absolute Gasteiger partial charge is 0.244 e. The van der Waals surface area contributed by atoms with E-state index in [1.54, 1.807) is 6.07 Å². The number of benzene rings is 1. The predicted molar refractivity (Wildman–Crippen MR) is 83.8 cm³/mol. The number of amides is 1. The predicted octanol–water partition coefficient (Wildman–Crippen LogP) is 2.82.